The number of rotatable bonds is 4. The lowest BCUT2D eigenvalue weighted by Gasteiger charge is -2.31. The van der Waals surface area contributed by atoms with Gasteiger partial charge in [0.15, 0.2) is 5.82 Å². The molecule has 2 amide bonds. The molecule has 3 rings (SSSR count). The molecule has 0 aliphatic carbocycles. The minimum Gasteiger partial charge on any atom is -0.351 e. The van der Waals surface area contributed by atoms with Gasteiger partial charge >= 0.3 is 6.03 Å². The van der Waals surface area contributed by atoms with Gasteiger partial charge in [0.1, 0.15) is 5.82 Å². The largest absolute Gasteiger partial charge is 0.351 e. The first kappa shape index (κ1) is 18.7. The Morgan fingerprint density at radius 1 is 1.42 bits per heavy atom. The summed E-state index contributed by atoms with van der Waals surface area (Å²) >= 11 is 6.12. The van der Waals surface area contributed by atoms with E-state index in [0.29, 0.717) is 24.0 Å². The Morgan fingerprint density at radius 3 is 2.85 bits per heavy atom. The van der Waals surface area contributed by atoms with Crippen LogP contribution in [0.1, 0.15) is 49.8 Å². The second-order valence-corrected chi connectivity index (χ2v) is 7.89. The van der Waals surface area contributed by atoms with Gasteiger partial charge in [-0.3, -0.25) is 0 Å². The van der Waals surface area contributed by atoms with Crippen molar-refractivity contribution in [1.82, 2.24) is 19.7 Å². The van der Waals surface area contributed by atoms with Crippen molar-refractivity contribution in [1.29, 1.82) is 0 Å². The zero-order valence-electron chi connectivity index (χ0n) is 15.6. The highest BCUT2D eigenvalue weighted by Gasteiger charge is 2.28. The number of aromatic nitrogens is 3. The zero-order valence-corrected chi connectivity index (χ0v) is 16.3. The molecule has 0 spiro atoms. The number of carbonyl (C=O) groups is 1. The summed E-state index contributed by atoms with van der Waals surface area (Å²) in [6, 6.07) is 5.41. The minimum atomic E-state index is -0.370. The first-order valence-electron chi connectivity index (χ1n) is 9.12. The SMILES string of the molecule is Cc1cc(Cl)ccc1-n1nc(CC(C)C)nc1[C@H]1CCCN(C(N)=O)C1. The highest BCUT2D eigenvalue weighted by molar-refractivity contribution is 6.30. The maximum atomic E-state index is 11.6. The number of benzene rings is 1. The van der Waals surface area contributed by atoms with Crippen LogP contribution in [0.25, 0.3) is 5.69 Å². The topological polar surface area (TPSA) is 77.0 Å². The van der Waals surface area contributed by atoms with E-state index in [-0.39, 0.29) is 11.9 Å². The molecule has 140 valence electrons. The molecule has 0 saturated carbocycles. The number of primary amides is 1. The average Bonchev–Trinajstić information content (AvgIpc) is 2.97. The number of amides is 2. The lowest BCUT2D eigenvalue weighted by molar-refractivity contribution is 0.187. The van der Waals surface area contributed by atoms with Crippen molar-refractivity contribution >= 4 is 17.6 Å². The van der Waals surface area contributed by atoms with E-state index in [2.05, 4.69) is 13.8 Å². The summed E-state index contributed by atoms with van der Waals surface area (Å²) in [5.41, 5.74) is 7.52. The van der Waals surface area contributed by atoms with Crippen molar-refractivity contribution in [2.24, 2.45) is 11.7 Å². The molecule has 2 heterocycles. The van der Waals surface area contributed by atoms with Crippen molar-refractivity contribution in [2.45, 2.75) is 46.0 Å². The monoisotopic (exact) mass is 375 g/mol. The van der Waals surface area contributed by atoms with E-state index >= 15 is 0 Å². The van der Waals surface area contributed by atoms with Gasteiger partial charge in [0.2, 0.25) is 0 Å². The highest BCUT2D eigenvalue weighted by atomic mass is 35.5. The first-order chi connectivity index (χ1) is 12.3. The minimum absolute atomic E-state index is 0.125. The highest BCUT2D eigenvalue weighted by Crippen LogP contribution is 2.29. The zero-order chi connectivity index (χ0) is 18.8. The molecule has 0 radical (unpaired) electrons. The molecule has 0 bridgehead atoms. The fourth-order valence-corrected chi connectivity index (χ4v) is 3.73. The first-order valence-corrected chi connectivity index (χ1v) is 9.49. The van der Waals surface area contributed by atoms with Gasteiger partial charge in [0.25, 0.3) is 0 Å². The number of hydrogen-bond acceptors (Lipinski definition) is 3. The van der Waals surface area contributed by atoms with Crippen LogP contribution in [-0.4, -0.2) is 38.8 Å². The molecular weight excluding hydrogens is 350 g/mol. The molecule has 1 saturated heterocycles. The Kier molecular flexibility index (Phi) is 5.51. The summed E-state index contributed by atoms with van der Waals surface area (Å²) in [6.45, 7) is 7.62. The molecule has 1 atom stereocenters. The normalized spacial score (nSPS) is 17.7. The Bertz CT molecular complexity index is 801. The number of nitrogens with two attached hydrogens (primary N) is 1. The van der Waals surface area contributed by atoms with E-state index in [1.165, 1.54) is 0 Å². The summed E-state index contributed by atoms with van der Waals surface area (Å²) in [6.07, 6.45) is 2.70. The summed E-state index contributed by atoms with van der Waals surface area (Å²) < 4.78 is 1.93. The number of aryl methyl sites for hydroxylation is 1. The number of urea groups is 1. The number of carbonyl (C=O) groups excluding carboxylic acids is 1. The second kappa shape index (κ2) is 7.66. The van der Waals surface area contributed by atoms with Gasteiger partial charge in [-0.25, -0.2) is 14.5 Å². The van der Waals surface area contributed by atoms with E-state index in [1.807, 2.05) is 29.8 Å². The van der Waals surface area contributed by atoms with Gasteiger partial charge in [-0.1, -0.05) is 25.4 Å². The standard InChI is InChI=1S/C19H26ClN5O/c1-12(2)9-17-22-18(14-5-4-8-24(11-14)19(21)26)25(23-17)16-7-6-15(20)10-13(16)3/h6-7,10,12,14H,4-5,8-9,11H2,1-3H3,(H2,21,26)/t14-/m0/s1. The molecule has 7 heteroatoms. The number of piperidine rings is 1. The van der Waals surface area contributed by atoms with Crippen LogP contribution in [0.5, 0.6) is 0 Å². The summed E-state index contributed by atoms with van der Waals surface area (Å²) in [5.74, 6) is 2.33. The van der Waals surface area contributed by atoms with Crippen molar-refractivity contribution in [2.75, 3.05) is 13.1 Å². The van der Waals surface area contributed by atoms with E-state index in [1.54, 1.807) is 4.90 Å². The summed E-state index contributed by atoms with van der Waals surface area (Å²) in [5, 5.41) is 5.49. The molecule has 26 heavy (non-hydrogen) atoms. The third-order valence-electron chi connectivity index (χ3n) is 4.75. The second-order valence-electron chi connectivity index (χ2n) is 7.45. The van der Waals surface area contributed by atoms with Gasteiger partial charge in [-0.05, 0) is 49.4 Å². The molecule has 0 unspecified atom stereocenters. The average molecular weight is 376 g/mol. The van der Waals surface area contributed by atoms with Crippen molar-refractivity contribution < 1.29 is 4.79 Å². The summed E-state index contributed by atoms with van der Waals surface area (Å²) in [7, 11) is 0. The number of hydrogen-bond donors (Lipinski definition) is 1. The van der Waals surface area contributed by atoms with Crippen LogP contribution in [0.4, 0.5) is 4.79 Å². The fourth-order valence-electron chi connectivity index (χ4n) is 3.51. The molecule has 1 aromatic carbocycles. The van der Waals surface area contributed by atoms with Crippen LogP contribution in [-0.2, 0) is 6.42 Å². The van der Waals surface area contributed by atoms with Gasteiger partial charge in [-0.2, -0.15) is 5.10 Å². The quantitative estimate of drug-likeness (QED) is 0.885. The molecule has 2 N–H and O–H groups in total. The van der Waals surface area contributed by atoms with Crippen LogP contribution in [0.15, 0.2) is 18.2 Å². The van der Waals surface area contributed by atoms with Gasteiger partial charge < -0.3 is 10.6 Å². The van der Waals surface area contributed by atoms with Gasteiger partial charge in [0, 0.05) is 30.5 Å². The smallest absolute Gasteiger partial charge is 0.314 e. The van der Waals surface area contributed by atoms with E-state index in [9.17, 15) is 4.79 Å². The Morgan fingerprint density at radius 2 is 2.19 bits per heavy atom. The number of nitrogens with zero attached hydrogens (tertiary/aromatic N) is 4. The maximum absolute atomic E-state index is 11.6. The summed E-state index contributed by atoms with van der Waals surface area (Å²) in [4.78, 5) is 18.2. The third-order valence-corrected chi connectivity index (χ3v) is 4.99. The van der Waals surface area contributed by atoms with Crippen molar-refractivity contribution in [3.63, 3.8) is 0 Å². The molecule has 1 aliphatic heterocycles. The third kappa shape index (κ3) is 4.01. The number of likely N-dealkylation sites (tertiary alicyclic amines) is 1. The van der Waals surface area contributed by atoms with Crippen LogP contribution >= 0.6 is 11.6 Å². The maximum Gasteiger partial charge on any atom is 0.314 e. The van der Waals surface area contributed by atoms with Crippen molar-refractivity contribution in [3.05, 3.63) is 40.4 Å². The molecular formula is C19H26ClN5O. The van der Waals surface area contributed by atoms with Crippen LogP contribution < -0.4 is 5.73 Å². The van der Waals surface area contributed by atoms with Crippen LogP contribution in [0.2, 0.25) is 5.02 Å². The predicted molar refractivity (Wildman–Crippen MR) is 103 cm³/mol. The van der Waals surface area contributed by atoms with Crippen molar-refractivity contribution in [3.8, 4) is 5.69 Å². The predicted octanol–water partition coefficient (Wildman–Crippen LogP) is 3.69. The molecule has 2 aromatic rings. The Balaban J connectivity index is 2.02. The lowest BCUT2D eigenvalue weighted by atomic mass is 9.97. The molecule has 1 aliphatic rings. The van der Waals surface area contributed by atoms with E-state index in [0.717, 1.165) is 42.2 Å². The van der Waals surface area contributed by atoms with E-state index < -0.39 is 0 Å². The lowest BCUT2D eigenvalue weighted by Crippen LogP contribution is -2.42. The molecule has 6 nitrogen and oxygen atoms in total. The molecule has 1 fully saturated rings. The Labute approximate surface area is 159 Å². The molecule has 1 aromatic heterocycles. The van der Waals surface area contributed by atoms with Gasteiger partial charge in [-0.15, -0.1) is 0 Å². The van der Waals surface area contributed by atoms with Crippen LogP contribution in [0.3, 0.4) is 0 Å². The van der Waals surface area contributed by atoms with Crippen LogP contribution in [0, 0.1) is 12.8 Å². The van der Waals surface area contributed by atoms with E-state index in [4.69, 9.17) is 27.4 Å². The Hall–Kier alpha value is -2.08. The van der Waals surface area contributed by atoms with Gasteiger partial charge in [0.05, 0.1) is 5.69 Å². The fraction of sp³-hybridized carbons (Fsp3) is 0.526. The number of halogens is 1.